The largest absolute Gasteiger partial charge is 0.496 e. The summed E-state index contributed by atoms with van der Waals surface area (Å²) in [7, 11) is 1.67. The van der Waals surface area contributed by atoms with E-state index in [0.717, 1.165) is 36.4 Å². The molecule has 1 amide bonds. The number of benzene rings is 1. The quantitative estimate of drug-likeness (QED) is 0.892. The number of methoxy groups -OCH3 is 1. The predicted molar refractivity (Wildman–Crippen MR) is 91.1 cm³/mol. The number of aryl methyl sites for hydroxylation is 2. The Hall–Kier alpha value is -1.59. The fourth-order valence-electron chi connectivity index (χ4n) is 3.94. The maximum Gasteiger partial charge on any atom is 0.222 e. The van der Waals surface area contributed by atoms with Crippen molar-refractivity contribution in [2.45, 2.75) is 26.2 Å². The SMILES string of the molecule is COc1cc(CCC(=O)N2C[C@@H]3CCOC[C@]3(CO)C2)ccc1C. The van der Waals surface area contributed by atoms with Gasteiger partial charge >= 0.3 is 0 Å². The second-order valence-corrected chi connectivity index (χ2v) is 7.14. The smallest absolute Gasteiger partial charge is 0.222 e. The Morgan fingerprint density at radius 3 is 3.04 bits per heavy atom. The van der Waals surface area contributed by atoms with E-state index in [0.29, 0.717) is 31.9 Å². The summed E-state index contributed by atoms with van der Waals surface area (Å²) in [5.41, 5.74) is 1.96. The molecule has 0 saturated carbocycles. The number of amides is 1. The number of carbonyl (C=O) groups excluding carboxylic acids is 1. The van der Waals surface area contributed by atoms with E-state index in [-0.39, 0.29) is 17.9 Å². The fourth-order valence-corrected chi connectivity index (χ4v) is 3.94. The number of hydrogen-bond donors (Lipinski definition) is 1. The molecule has 2 heterocycles. The summed E-state index contributed by atoms with van der Waals surface area (Å²) < 4.78 is 10.9. The molecule has 2 saturated heterocycles. The van der Waals surface area contributed by atoms with Crippen LogP contribution in [0, 0.1) is 18.3 Å². The first-order valence-corrected chi connectivity index (χ1v) is 8.68. The van der Waals surface area contributed by atoms with Crippen LogP contribution in [0.15, 0.2) is 18.2 Å². The van der Waals surface area contributed by atoms with E-state index in [2.05, 4.69) is 6.07 Å². The van der Waals surface area contributed by atoms with Crippen LogP contribution in [0.3, 0.4) is 0 Å². The molecule has 0 radical (unpaired) electrons. The highest BCUT2D eigenvalue weighted by Gasteiger charge is 2.49. The summed E-state index contributed by atoms with van der Waals surface area (Å²) in [6.45, 7) is 4.77. The Bertz CT molecular complexity index is 603. The number of fused-ring (bicyclic) bond motifs is 1. The van der Waals surface area contributed by atoms with Crippen molar-refractivity contribution in [3.63, 3.8) is 0 Å². The van der Waals surface area contributed by atoms with Gasteiger partial charge in [-0.25, -0.2) is 0 Å². The summed E-state index contributed by atoms with van der Waals surface area (Å²) in [5, 5.41) is 9.81. The van der Waals surface area contributed by atoms with Crippen LogP contribution >= 0.6 is 0 Å². The molecule has 0 aromatic heterocycles. The Morgan fingerprint density at radius 2 is 2.33 bits per heavy atom. The first kappa shape index (κ1) is 17.2. The van der Waals surface area contributed by atoms with Gasteiger partial charge in [0.2, 0.25) is 5.91 Å². The number of carbonyl (C=O) groups is 1. The number of nitrogens with zero attached hydrogens (tertiary/aromatic N) is 1. The average Bonchev–Trinajstić information content (AvgIpc) is 3.01. The minimum absolute atomic E-state index is 0.0939. The van der Waals surface area contributed by atoms with Crippen molar-refractivity contribution in [1.82, 2.24) is 4.90 Å². The van der Waals surface area contributed by atoms with Gasteiger partial charge in [0.1, 0.15) is 5.75 Å². The second-order valence-electron chi connectivity index (χ2n) is 7.14. The normalized spacial score (nSPS) is 26.3. The van der Waals surface area contributed by atoms with E-state index < -0.39 is 0 Å². The van der Waals surface area contributed by atoms with Crippen LogP contribution in [-0.2, 0) is 16.0 Å². The third kappa shape index (κ3) is 3.28. The summed E-state index contributed by atoms with van der Waals surface area (Å²) in [4.78, 5) is 14.5. The first-order chi connectivity index (χ1) is 11.6. The molecule has 1 aromatic carbocycles. The minimum Gasteiger partial charge on any atom is -0.496 e. The molecule has 0 bridgehead atoms. The molecule has 3 rings (SSSR count). The minimum atomic E-state index is -0.249. The lowest BCUT2D eigenvalue weighted by Crippen LogP contribution is -2.43. The predicted octanol–water partition coefficient (Wildman–Crippen LogP) is 1.79. The number of aliphatic hydroxyl groups excluding tert-OH is 1. The zero-order chi connectivity index (χ0) is 17.2. The summed E-state index contributed by atoms with van der Waals surface area (Å²) >= 11 is 0. The highest BCUT2D eigenvalue weighted by atomic mass is 16.5. The molecule has 0 aliphatic carbocycles. The first-order valence-electron chi connectivity index (χ1n) is 8.68. The van der Waals surface area contributed by atoms with Crippen molar-refractivity contribution in [3.05, 3.63) is 29.3 Å². The number of likely N-dealkylation sites (tertiary alicyclic amines) is 1. The van der Waals surface area contributed by atoms with Crippen LogP contribution in [0.25, 0.3) is 0 Å². The van der Waals surface area contributed by atoms with Crippen molar-refractivity contribution in [2.24, 2.45) is 11.3 Å². The van der Waals surface area contributed by atoms with Crippen LogP contribution in [0.4, 0.5) is 0 Å². The van der Waals surface area contributed by atoms with Gasteiger partial charge in [0.15, 0.2) is 0 Å². The Balaban J connectivity index is 1.60. The molecule has 132 valence electrons. The van der Waals surface area contributed by atoms with Gasteiger partial charge in [-0.3, -0.25) is 4.79 Å². The number of rotatable bonds is 5. The molecule has 2 aliphatic heterocycles. The Morgan fingerprint density at radius 1 is 1.50 bits per heavy atom. The molecule has 0 unspecified atom stereocenters. The number of hydrogen-bond acceptors (Lipinski definition) is 4. The van der Waals surface area contributed by atoms with Gasteiger partial charge in [-0.15, -0.1) is 0 Å². The van der Waals surface area contributed by atoms with Crippen LogP contribution in [-0.4, -0.2) is 55.9 Å². The lowest BCUT2D eigenvalue weighted by Gasteiger charge is -2.36. The topological polar surface area (TPSA) is 59.0 Å². The number of ether oxygens (including phenoxy) is 2. The Kier molecular flexibility index (Phi) is 5.11. The van der Waals surface area contributed by atoms with Gasteiger partial charge in [0.25, 0.3) is 0 Å². The third-order valence-electron chi connectivity index (χ3n) is 5.58. The fraction of sp³-hybridized carbons (Fsp3) is 0.632. The highest BCUT2D eigenvalue weighted by Crippen LogP contribution is 2.41. The van der Waals surface area contributed by atoms with Crippen LogP contribution in [0.2, 0.25) is 0 Å². The van der Waals surface area contributed by atoms with E-state index in [4.69, 9.17) is 9.47 Å². The molecular weight excluding hydrogens is 306 g/mol. The van der Waals surface area contributed by atoms with E-state index in [9.17, 15) is 9.90 Å². The molecule has 2 atom stereocenters. The molecule has 1 N–H and O–H groups in total. The maximum atomic E-state index is 12.6. The number of aliphatic hydroxyl groups is 1. The van der Waals surface area contributed by atoms with E-state index in [1.807, 2.05) is 24.0 Å². The van der Waals surface area contributed by atoms with E-state index >= 15 is 0 Å². The third-order valence-corrected chi connectivity index (χ3v) is 5.58. The molecule has 24 heavy (non-hydrogen) atoms. The van der Waals surface area contributed by atoms with Gasteiger partial charge < -0.3 is 19.5 Å². The maximum absolute atomic E-state index is 12.6. The monoisotopic (exact) mass is 333 g/mol. The van der Waals surface area contributed by atoms with Gasteiger partial charge in [0.05, 0.1) is 20.3 Å². The Labute approximate surface area is 143 Å². The summed E-state index contributed by atoms with van der Waals surface area (Å²) in [6, 6.07) is 6.09. The van der Waals surface area contributed by atoms with Crippen molar-refractivity contribution >= 4 is 5.91 Å². The van der Waals surface area contributed by atoms with Gasteiger partial charge in [-0.05, 0) is 42.9 Å². The lowest BCUT2D eigenvalue weighted by molar-refractivity contribution is -0.130. The van der Waals surface area contributed by atoms with Gasteiger partial charge in [-0.1, -0.05) is 12.1 Å². The van der Waals surface area contributed by atoms with Crippen LogP contribution in [0.5, 0.6) is 5.75 Å². The molecule has 5 heteroatoms. The second kappa shape index (κ2) is 7.11. The standard InChI is InChI=1S/C19H27NO4/c1-14-3-4-15(9-17(14)23-2)5-6-18(22)20-10-16-7-8-24-13-19(16,11-20)12-21/h3-4,9,16,21H,5-8,10-13H2,1-2H3/t16-,19+/m0/s1. The zero-order valence-electron chi connectivity index (χ0n) is 14.6. The molecule has 1 aromatic rings. The van der Waals surface area contributed by atoms with Crippen molar-refractivity contribution in [2.75, 3.05) is 40.0 Å². The zero-order valence-corrected chi connectivity index (χ0v) is 14.6. The highest BCUT2D eigenvalue weighted by molar-refractivity contribution is 5.77. The average molecular weight is 333 g/mol. The van der Waals surface area contributed by atoms with E-state index in [1.54, 1.807) is 7.11 Å². The van der Waals surface area contributed by atoms with Crippen LogP contribution in [0.1, 0.15) is 24.0 Å². The molecule has 5 nitrogen and oxygen atoms in total. The lowest BCUT2D eigenvalue weighted by atomic mass is 9.76. The molecule has 2 aliphatic rings. The van der Waals surface area contributed by atoms with Gasteiger partial charge in [-0.2, -0.15) is 0 Å². The van der Waals surface area contributed by atoms with Crippen molar-refractivity contribution in [1.29, 1.82) is 0 Å². The molecule has 0 spiro atoms. The van der Waals surface area contributed by atoms with E-state index in [1.165, 1.54) is 0 Å². The van der Waals surface area contributed by atoms with Crippen LogP contribution < -0.4 is 4.74 Å². The molecular formula is C19H27NO4. The van der Waals surface area contributed by atoms with Gasteiger partial charge in [0, 0.05) is 31.5 Å². The van der Waals surface area contributed by atoms with Crippen molar-refractivity contribution in [3.8, 4) is 5.75 Å². The summed E-state index contributed by atoms with van der Waals surface area (Å²) in [5.74, 6) is 1.39. The summed E-state index contributed by atoms with van der Waals surface area (Å²) in [6.07, 6.45) is 2.13. The van der Waals surface area contributed by atoms with Crippen molar-refractivity contribution < 1.29 is 19.4 Å². The molecule has 2 fully saturated rings.